The first-order valence-electron chi connectivity index (χ1n) is 9.37. The quantitative estimate of drug-likeness (QED) is 0.518. The van der Waals surface area contributed by atoms with Gasteiger partial charge in [-0.3, -0.25) is 4.79 Å². The second-order valence-electron chi connectivity index (χ2n) is 7.48. The van der Waals surface area contributed by atoms with Gasteiger partial charge in [-0.1, -0.05) is 38.1 Å². The molecule has 0 aliphatic rings. The van der Waals surface area contributed by atoms with Crippen molar-refractivity contribution in [1.82, 2.24) is 15.0 Å². The largest absolute Gasteiger partial charge is 0.348 e. The fourth-order valence-corrected chi connectivity index (χ4v) is 3.85. The third-order valence-corrected chi connectivity index (χ3v) is 5.20. The van der Waals surface area contributed by atoms with Crippen molar-refractivity contribution in [3.8, 4) is 11.3 Å². The number of nitrogens with zero attached hydrogens (tertiary/aromatic N) is 1. The van der Waals surface area contributed by atoms with Crippen molar-refractivity contribution < 1.29 is 4.39 Å². The van der Waals surface area contributed by atoms with E-state index in [1.807, 2.05) is 31.2 Å². The van der Waals surface area contributed by atoms with E-state index < -0.39 is 0 Å². The number of halogens is 1. The molecule has 0 saturated carbocycles. The molecule has 2 heterocycles. The van der Waals surface area contributed by atoms with Crippen LogP contribution >= 0.6 is 0 Å². The molecule has 0 radical (unpaired) electrons. The first-order chi connectivity index (χ1) is 13.5. The number of aryl methyl sites for hydroxylation is 1. The lowest BCUT2D eigenvalue weighted by molar-refractivity contribution is 0.538. The fraction of sp³-hybridized carbons (Fsp3) is 0.217. The summed E-state index contributed by atoms with van der Waals surface area (Å²) in [6, 6.07) is 12.5. The number of pyridine rings is 1. The molecule has 2 N–H and O–H groups in total. The highest BCUT2D eigenvalue weighted by molar-refractivity contribution is 5.87. The SMILES string of the molecule is Cc1cc(C(c2ncc[nH]2)C(C)C)c(=O)[nH]c1-c1ccc2cccc(F)c2c1. The molecule has 0 fully saturated rings. The lowest BCUT2D eigenvalue weighted by atomic mass is 9.87. The number of benzene rings is 2. The summed E-state index contributed by atoms with van der Waals surface area (Å²) < 4.78 is 14.2. The van der Waals surface area contributed by atoms with Gasteiger partial charge in [0, 0.05) is 29.3 Å². The van der Waals surface area contributed by atoms with Gasteiger partial charge in [0.1, 0.15) is 11.6 Å². The zero-order chi connectivity index (χ0) is 19.8. The number of H-pyrrole nitrogens is 2. The molecule has 0 aliphatic heterocycles. The lowest BCUT2D eigenvalue weighted by Crippen LogP contribution is -2.22. The normalized spacial score (nSPS) is 12.6. The molecule has 4 nitrogen and oxygen atoms in total. The van der Waals surface area contributed by atoms with Crippen molar-refractivity contribution in [1.29, 1.82) is 0 Å². The number of hydrogen-bond donors (Lipinski definition) is 2. The predicted octanol–water partition coefficient (Wildman–Crippen LogP) is 5.15. The van der Waals surface area contributed by atoms with Crippen molar-refractivity contribution in [3.63, 3.8) is 0 Å². The van der Waals surface area contributed by atoms with Crippen molar-refractivity contribution in [2.45, 2.75) is 26.7 Å². The summed E-state index contributed by atoms with van der Waals surface area (Å²) in [6.45, 7) is 6.10. The topological polar surface area (TPSA) is 61.5 Å². The van der Waals surface area contributed by atoms with Gasteiger partial charge in [0.15, 0.2) is 0 Å². The van der Waals surface area contributed by atoms with E-state index in [1.54, 1.807) is 24.5 Å². The molecule has 4 rings (SSSR count). The van der Waals surface area contributed by atoms with Crippen molar-refractivity contribution in [2.75, 3.05) is 0 Å². The van der Waals surface area contributed by atoms with Gasteiger partial charge in [0.2, 0.25) is 0 Å². The van der Waals surface area contributed by atoms with Crippen LogP contribution in [0.5, 0.6) is 0 Å². The second-order valence-corrected chi connectivity index (χ2v) is 7.48. The van der Waals surface area contributed by atoms with Gasteiger partial charge in [-0.15, -0.1) is 0 Å². The van der Waals surface area contributed by atoms with Crippen LogP contribution in [0.4, 0.5) is 4.39 Å². The number of rotatable bonds is 4. The molecule has 142 valence electrons. The molecule has 0 aliphatic carbocycles. The molecular weight excluding hydrogens is 353 g/mol. The Hall–Kier alpha value is -3.21. The maximum atomic E-state index is 14.2. The Bertz CT molecular complexity index is 1190. The minimum Gasteiger partial charge on any atom is -0.348 e. The van der Waals surface area contributed by atoms with Crippen LogP contribution in [-0.4, -0.2) is 15.0 Å². The van der Waals surface area contributed by atoms with Gasteiger partial charge in [0.25, 0.3) is 5.56 Å². The smallest absolute Gasteiger partial charge is 0.252 e. The Morgan fingerprint density at radius 2 is 1.93 bits per heavy atom. The zero-order valence-corrected chi connectivity index (χ0v) is 16.1. The summed E-state index contributed by atoms with van der Waals surface area (Å²) in [5.74, 6) is 0.585. The summed E-state index contributed by atoms with van der Waals surface area (Å²) in [5, 5.41) is 1.37. The van der Waals surface area contributed by atoms with Crippen LogP contribution < -0.4 is 5.56 Å². The molecular formula is C23H22FN3O. The number of aromatic amines is 2. The maximum Gasteiger partial charge on any atom is 0.252 e. The van der Waals surface area contributed by atoms with E-state index in [0.29, 0.717) is 16.6 Å². The Kier molecular flexibility index (Phi) is 4.59. The Morgan fingerprint density at radius 1 is 1.11 bits per heavy atom. The average molecular weight is 375 g/mol. The summed E-state index contributed by atoms with van der Waals surface area (Å²) in [6.07, 6.45) is 3.47. The van der Waals surface area contributed by atoms with Gasteiger partial charge < -0.3 is 9.97 Å². The van der Waals surface area contributed by atoms with E-state index >= 15 is 0 Å². The van der Waals surface area contributed by atoms with Gasteiger partial charge in [-0.05, 0) is 47.6 Å². The molecule has 1 atom stereocenters. The van der Waals surface area contributed by atoms with Crippen LogP contribution in [0, 0.1) is 18.7 Å². The minimum absolute atomic E-state index is 0.124. The third kappa shape index (κ3) is 3.13. The van der Waals surface area contributed by atoms with Gasteiger partial charge in [-0.2, -0.15) is 0 Å². The van der Waals surface area contributed by atoms with Crippen LogP contribution in [0.25, 0.3) is 22.0 Å². The first kappa shape index (κ1) is 18.2. The van der Waals surface area contributed by atoms with E-state index in [9.17, 15) is 9.18 Å². The Labute approximate surface area is 162 Å². The number of aromatic nitrogens is 3. The predicted molar refractivity (Wildman–Crippen MR) is 110 cm³/mol. The van der Waals surface area contributed by atoms with Crippen LogP contribution in [0.1, 0.15) is 36.7 Å². The van der Waals surface area contributed by atoms with Crippen molar-refractivity contribution in [2.24, 2.45) is 5.92 Å². The molecule has 2 aromatic heterocycles. The van der Waals surface area contributed by atoms with Crippen LogP contribution in [-0.2, 0) is 0 Å². The summed E-state index contributed by atoms with van der Waals surface area (Å²) in [5.41, 5.74) is 2.96. The van der Waals surface area contributed by atoms with E-state index in [2.05, 4.69) is 28.8 Å². The Balaban J connectivity index is 1.84. The molecule has 0 amide bonds. The molecule has 1 unspecified atom stereocenters. The molecule has 0 spiro atoms. The van der Waals surface area contributed by atoms with Gasteiger partial charge >= 0.3 is 0 Å². The third-order valence-electron chi connectivity index (χ3n) is 5.20. The highest BCUT2D eigenvalue weighted by Crippen LogP contribution is 2.31. The average Bonchev–Trinajstić information content (AvgIpc) is 3.18. The van der Waals surface area contributed by atoms with Crippen LogP contribution in [0.3, 0.4) is 0 Å². The van der Waals surface area contributed by atoms with Gasteiger partial charge in [0.05, 0.1) is 5.69 Å². The van der Waals surface area contributed by atoms with Crippen molar-refractivity contribution >= 4 is 10.8 Å². The monoisotopic (exact) mass is 375 g/mol. The highest BCUT2D eigenvalue weighted by atomic mass is 19.1. The van der Waals surface area contributed by atoms with E-state index in [0.717, 1.165) is 22.3 Å². The standard InChI is InChI=1S/C23H22FN3O/c1-13(2)20(22-25-9-10-26-22)18-11-14(3)21(27-23(18)28)16-8-7-15-5-4-6-19(24)17(15)12-16/h4-13,20H,1-3H3,(H,25,26)(H,27,28). The number of nitrogens with one attached hydrogen (secondary N) is 2. The molecule has 0 bridgehead atoms. The summed E-state index contributed by atoms with van der Waals surface area (Å²) in [7, 11) is 0. The van der Waals surface area contributed by atoms with E-state index in [4.69, 9.17) is 0 Å². The number of hydrogen-bond acceptors (Lipinski definition) is 2. The molecule has 2 aromatic carbocycles. The summed E-state index contributed by atoms with van der Waals surface area (Å²) in [4.78, 5) is 23.5. The molecule has 0 saturated heterocycles. The molecule has 28 heavy (non-hydrogen) atoms. The van der Waals surface area contributed by atoms with Crippen LogP contribution in [0.2, 0.25) is 0 Å². The zero-order valence-electron chi connectivity index (χ0n) is 16.1. The Morgan fingerprint density at radius 3 is 2.64 bits per heavy atom. The van der Waals surface area contributed by atoms with Crippen LogP contribution in [0.15, 0.2) is 59.7 Å². The van der Waals surface area contributed by atoms with E-state index in [1.165, 1.54) is 6.07 Å². The van der Waals surface area contributed by atoms with Gasteiger partial charge in [-0.25, -0.2) is 9.37 Å². The number of imidazole rings is 1. The van der Waals surface area contributed by atoms with E-state index in [-0.39, 0.29) is 23.2 Å². The molecule has 5 heteroatoms. The molecule has 4 aromatic rings. The number of fused-ring (bicyclic) bond motifs is 1. The van der Waals surface area contributed by atoms with Crippen molar-refractivity contribution in [3.05, 3.63) is 88.0 Å². The maximum absolute atomic E-state index is 14.2. The minimum atomic E-state index is -0.270. The second kappa shape index (κ2) is 7.08. The fourth-order valence-electron chi connectivity index (χ4n) is 3.85. The lowest BCUT2D eigenvalue weighted by Gasteiger charge is -2.20. The summed E-state index contributed by atoms with van der Waals surface area (Å²) >= 11 is 0. The first-order valence-corrected chi connectivity index (χ1v) is 9.37. The highest BCUT2D eigenvalue weighted by Gasteiger charge is 2.24.